The van der Waals surface area contributed by atoms with Crippen molar-refractivity contribution in [2.45, 2.75) is 29.9 Å². The Morgan fingerprint density at radius 1 is 1.42 bits per heavy atom. The van der Waals surface area contributed by atoms with Crippen molar-refractivity contribution in [3.8, 4) is 0 Å². The van der Waals surface area contributed by atoms with Crippen LogP contribution in [-0.4, -0.2) is 16.7 Å². The molecule has 1 unspecified atom stereocenters. The fourth-order valence-electron chi connectivity index (χ4n) is 2.09. The van der Waals surface area contributed by atoms with Gasteiger partial charge in [-0.2, -0.15) is 0 Å². The Hall–Kier alpha value is -0.850. The van der Waals surface area contributed by atoms with Gasteiger partial charge in [0.2, 0.25) is 5.89 Å². The summed E-state index contributed by atoms with van der Waals surface area (Å²) in [5.74, 6) is 1.55. The number of hydrogen-bond donors (Lipinski definition) is 1. The summed E-state index contributed by atoms with van der Waals surface area (Å²) in [4.78, 5) is 0. The van der Waals surface area contributed by atoms with Gasteiger partial charge in [-0.15, -0.1) is 10.2 Å². The third kappa shape index (κ3) is 3.38. The molecule has 1 fully saturated rings. The minimum absolute atomic E-state index is 0.243. The van der Waals surface area contributed by atoms with Crippen LogP contribution >= 0.6 is 27.7 Å². The molecule has 0 saturated carbocycles. The second-order valence-electron chi connectivity index (χ2n) is 4.47. The van der Waals surface area contributed by atoms with Crippen LogP contribution in [0.4, 0.5) is 0 Å². The monoisotopic (exact) mass is 339 g/mol. The summed E-state index contributed by atoms with van der Waals surface area (Å²) in [6.45, 7) is 1.04. The molecule has 6 heteroatoms. The van der Waals surface area contributed by atoms with Crippen molar-refractivity contribution < 1.29 is 4.42 Å². The predicted octanol–water partition coefficient (Wildman–Crippen LogP) is 3.55. The molecule has 3 rings (SSSR count). The fraction of sp³-hybridized carbons (Fsp3) is 0.385. The average Bonchev–Trinajstić information content (AvgIpc) is 3.07. The first-order chi connectivity index (χ1) is 9.31. The molecule has 0 radical (unpaired) electrons. The van der Waals surface area contributed by atoms with Crippen molar-refractivity contribution in [3.05, 3.63) is 40.2 Å². The van der Waals surface area contributed by atoms with Gasteiger partial charge < -0.3 is 9.73 Å². The van der Waals surface area contributed by atoms with Crippen molar-refractivity contribution in [1.82, 2.24) is 15.5 Å². The van der Waals surface area contributed by atoms with E-state index < -0.39 is 0 Å². The zero-order valence-electron chi connectivity index (χ0n) is 10.3. The van der Waals surface area contributed by atoms with Crippen molar-refractivity contribution in [2.24, 2.45) is 0 Å². The van der Waals surface area contributed by atoms with Gasteiger partial charge in [0.05, 0.1) is 6.04 Å². The molecule has 2 heterocycles. The average molecular weight is 340 g/mol. The molecule has 2 aromatic rings. The van der Waals surface area contributed by atoms with Crippen LogP contribution in [-0.2, 0) is 5.75 Å². The first kappa shape index (κ1) is 13.1. The molecule has 1 aromatic carbocycles. The zero-order chi connectivity index (χ0) is 13.1. The SMILES string of the molecule is Brc1cccc(CSc2nnc(C3CCCN3)o2)c1. The lowest BCUT2D eigenvalue weighted by molar-refractivity contribution is 0.374. The number of nitrogens with zero attached hydrogens (tertiary/aromatic N) is 2. The van der Waals surface area contributed by atoms with E-state index in [1.807, 2.05) is 12.1 Å². The van der Waals surface area contributed by atoms with Crippen molar-refractivity contribution in [1.29, 1.82) is 0 Å². The molecule has 19 heavy (non-hydrogen) atoms. The molecular weight excluding hydrogens is 326 g/mol. The van der Waals surface area contributed by atoms with Gasteiger partial charge in [0.25, 0.3) is 5.22 Å². The molecule has 1 aliphatic heterocycles. The van der Waals surface area contributed by atoms with Crippen LogP contribution in [0.25, 0.3) is 0 Å². The van der Waals surface area contributed by atoms with Crippen LogP contribution < -0.4 is 5.32 Å². The number of halogens is 1. The molecule has 0 spiro atoms. The fourth-order valence-corrected chi connectivity index (χ4v) is 3.25. The second kappa shape index (κ2) is 6.07. The van der Waals surface area contributed by atoms with E-state index in [4.69, 9.17) is 4.42 Å². The van der Waals surface area contributed by atoms with E-state index in [-0.39, 0.29) is 6.04 Å². The van der Waals surface area contributed by atoms with E-state index in [2.05, 4.69) is 43.6 Å². The topological polar surface area (TPSA) is 51.0 Å². The van der Waals surface area contributed by atoms with Gasteiger partial charge >= 0.3 is 0 Å². The van der Waals surface area contributed by atoms with Crippen molar-refractivity contribution in [2.75, 3.05) is 6.54 Å². The van der Waals surface area contributed by atoms with Gasteiger partial charge in [0, 0.05) is 10.2 Å². The Morgan fingerprint density at radius 2 is 2.37 bits per heavy atom. The summed E-state index contributed by atoms with van der Waals surface area (Å²) in [6, 6.07) is 8.48. The van der Waals surface area contributed by atoms with Gasteiger partial charge in [-0.05, 0) is 37.1 Å². The van der Waals surface area contributed by atoms with E-state index in [0.717, 1.165) is 23.2 Å². The summed E-state index contributed by atoms with van der Waals surface area (Å²) >= 11 is 5.04. The quantitative estimate of drug-likeness (QED) is 0.863. The third-order valence-corrected chi connectivity index (χ3v) is 4.41. The number of benzene rings is 1. The standard InChI is InChI=1S/C13H14BrN3OS/c14-10-4-1-3-9(7-10)8-19-13-17-16-12(18-13)11-5-2-6-15-11/h1,3-4,7,11,15H,2,5-6,8H2. The van der Waals surface area contributed by atoms with Gasteiger partial charge in [0.1, 0.15) is 0 Å². The first-order valence-electron chi connectivity index (χ1n) is 6.25. The van der Waals surface area contributed by atoms with Gasteiger partial charge in [-0.1, -0.05) is 39.8 Å². The molecule has 1 atom stereocenters. The van der Waals surface area contributed by atoms with Crippen molar-refractivity contribution in [3.63, 3.8) is 0 Å². The Kier molecular flexibility index (Phi) is 4.20. The number of aromatic nitrogens is 2. The highest BCUT2D eigenvalue weighted by molar-refractivity contribution is 9.10. The molecule has 0 bridgehead atoms. The molecule has 1 N–H and O–H groups in total. The summed E-state index contributed by atoms with van der Waals surface area (Å²) in [5.41, 5.74) is 1.23. The first-order valence-corrected chi connectivity index (χ1v) is 8.03. The molecule has 1 saturated heterocycles. The molecular formula is C13H14BrN3OS. The molecule has 100 valence electrons. The number of rotatable bonds is 4. The largest absolute Gasteiger partial charge is 0.414 e. The second-order valence-corrected chi connectivity index (χ2v) is 6.32. The van der Waals surface area contributed by atoms with Gasteiger partial charge in [-0.25, -0.2) is 0 Å². The normalized spacial score (nSPS) is 18.9. The summed E-state index contributed by atoms with van der Waals surface area (Å²) in [6.07, 6.45) is 2.26. The van der Waals surface area contributed by atoms with Crippen LogP contribution in [0.2, 0.25) is 0 Å². The lowest BCUT2D eigenvalue weighted by atomic mass is 10.2. The van der Waals surface area contributed by atoms with E-state index in [0.29, 0.717) is 11.1 Å². The molecule has 1 aliphatic rings. The molecule has 0 amide bonds. The number of thioether (sulfide) groups is 1. The molecule has 4 nitrogen and oxygen atoms in total. The van der Waals surface area contributed by atoms with Gasteiger partial charge in [-0.3, -0.25) is 0 Å². The van der Waals surface area contributed by atoms with E-state index in [9.17, 15) is 0 Å². The summed E-state index contributed by atoms with van der Waals surface area (Å²) < 4.78 is 6.78. The summed E-state index contributed by atoms with van der Waals surface area (Å²) in [7, 11) is 0. The number of nitrogens with one attached hydrogen (secondary N) is 1. The lowest BCUT2D eigenvalue weighted by Crippen LogP contribution is -2.12. The van der Waals surface area contributed by atoms with E-state index in [1.54, 1.807) is 11.8 Å². The zero-order valence-corrected chi connectivity index (χ0v) is 12.7. The highest BCUT2D eigenvalue weighted by Crippen LogP contribution is 2.27. The number of hydrogen-bond acceptors (Lipinski definition) is 5. The van der Waals surface area contributed by atoms with Crippen LogP contribution in [0, 0.1) is 0 Å². The predicted molar refractivity (Wildman–Crippen MR) is 78.0 cm³/mol. The van der Waals surface area contributed by atoms with Gasteiger partial charge in [0.15, 0.2) is 0 Å². The van der Waals surface area contributed by atoms with Crippen LogP contribution in [0.5, 0.6) is 0 Å². The minimum Gasteiger partial charge on any atom is -0.414 e. The Labute approximate surface area is 124 Å². The van der Waals surface area contributed by atoms with Crippen LogP contribution in [0.3, 0.4) is 0 Å². The Balaban J connectivity index is 1.61. The molecule has 0 aliphatic carbocycles. The highest BCUT2D eigenvalue weighted by atomic mass is 79.9. The molecule has 1 aromatic heterocycles. The third-order valence-electron chi connectivity index (χ3n) is 3.03. The van der Waals surface area contributed by atoms with Crippen molar-refractivity contribution >= 4 is 27.7 Å². The smallest absolute Gasteiger partial charge is 0.276 e. The minimum atomic E-state index is 0.243. The lowest BCUT2D eigenvalue weighted by Gasteiger charge is -2.02. The van der Waals surface area contributed by atoms with Crippen LogP contribution in [0.15, 0.2) is 38.4 Å². The maximum absolute atomic E-state index is 5.69. The van der Waals surface area contributed by atoms with E-state index in [1.165, 1.54) is 12.0 Å². The highest BCUT2D eigenvalue weighted by Gasteiger charge is 2.22. The maximum atomic E-state index is 5.69. The Bertz CT molecular complexity index is 554. The van der Waals surface area contributed by atoms with Crippen LogP contribution in [0.1, 0.15) is 30.3 Å². The maximum Gasteiger partial charge on any atom is 0.276 e. The van der Waals surface area contributed by atoms with E-state index >= 15 is 0 Å². The summed E-state index contributed by atoms with van der Waals surface area (Å²) in [5, 5.41) is 12.2. The Morgan fingerprint density at radius 3 is 3.16 bits per heavy atom.